The zero-order valence-electron chi connectivity index (χ0n) is 17.6. The maximum Gasteiger partial charge on any atom is 0.264 e. The molecule has 0 fully saturated rings. The van der Waals surface area contributed by atoms with Crippen LogP contribution in [0.2, 0.25) is 5.02 Å². The molecule has 0 saturated heterocycles. The van der Waals surface area contributed by atoms with Crippen LogP contribution < -0.4 is 10.9 Å². The van der Waals surface area contributed by atoms with Gasteiger partial charge in [-0.25, -0.2) is 9.97 Å². The van der Waals surface area contributed by atoms with Crippen molar-refractivity contribution in [3.8, 4) is 11.3 Å². The van der Waals surface area contributed by atoms with E-state index >= 15 is 0 Å². The summed E-state index contributed by atoms with van der Waals surface area (Å²) in [6.07, 6.45) is 3.87. The summed E-state index contributed by atoms with van der Waals surface area (Å²) in [6.45, 7) is 5.76. The maximum atomic E-state index is 12.8. The first-order chi connectivity index (χ1) is 14.8. The predicted molar refractivity (Wildman–Crippen MR) is 121 cm³/mol. The number of hydrogen-bond donors (Lipinski definition) is 3. The minimum absolute atomic E-state index is 0.152. The summed E-state index contributed by atoms with van der Waals surface area (Å²) in [4.78, 5) is 29.1. The zero-order chi connectivity index (χ0) is 22.3. The fraction of sp³-hybridized carbons (Fsp3) is 0.273. The second-order valence-corrected chi connectivity index (χ2v) is 8.16. The van der Waals surface area contributed by atoms with E-state index in [-0.39, 0.29) is 11.6 Å². The summed E-state index contributed by atoms with van der Waals surface area (Å²) in [6, 6.07) is 5.41. The first kappa shape index (κ1) is 21.0. The van der Waals surface area contributed by atoms with Crippen molar-refractivity contribution in [2.75, 3.05) is 5.32 Å². The highest BCUT2D eigenvalue weighted by Gasteiger charge is 2.20. The fourth-order valence-electron chi connectivity index (χ4n) is 3.52. The number of aryl methyl sites for hydroxylation is 1. The van der Waals surface area contributed by atoms with Crippen molar-refractivity contribution in [1.82, 2.24) is 24.5 Å². The van der Waals surface area contributed by atoms with Gasteiger partial charge in [-0.15, -0.1) is 0 Å². The number of aliphatic hydroxyl groups is 1. The third-order valence-electron chi connectivity index (χ3n) is 5.11. The molecule has 0 aliphatic carbocycles. The summed E-state index contributed by atoms with van der Waals surface area (Å²) in [5, 5.41) is 15.4. The summed E-state index contributed by atoms with van der Waals surface area (Å²) in [7, 11) is 1.67. The lowest BCUT2D eigenvalue weighted by Gasteiger charge is -2.15. The predicted octanol–water partition coefficient (Wildman–Crippen LogP) is 3.58. The highest BCUT2D eigenvalue weighted by molar-refractivity contribution is 6.31. The van der Waals surface area contributed by atoms with Crippen LogP contribution >= 0.6 is 11.6 Å². The van der Waals surface area contributed by atoms with Crippen LogP contribution in [0.4, 0.5) is 5.95 Å². The zero-order valence-corrected chi connectivity index (χ0v) is 18.4. The van der Waals surface area contributed by atoms with Gasteiger partial charge >= 0.3 is 0 Å². The number of halogens is 1. The Morgan fingerprint density at radius 2 is 1.97 bits per heavy atom. The molecule has 1 atom stereocenters. The molecule has 4 aromatic rings. The Balaban J connectivity index is 1.71. The van der Waals surface area contributed by atoms with E-state index in [2.05, 4.69) is 25.3 Å². The molecule has 160 valence electrons. The van der Waals surface area contributed by atoms with Gasteiger partial charge in [-0.1, -0.05) is 17.7 Å². The molecular weight excluding hydrogens is 416 g/mol. The number of rotatable bonds is 5. The van der Waals surface area contributed by atoms with Crippen molar-refractivity contribution < 1.29 is 5.11 Å². The number of H-pyrrole nitrogens is 1. The molecule has 0 aromatic carbocycles. The number of nitrogens with one attached hydrogen (secondary N) is 2. The van der Waals surface area contributed by atoms with Crippen LogP contribution in [0.3, 0.4) is 0 Å². The van der Waals surface area contributed by atoms with E-state index in [4.69, 9.17) is 11.6 Å². The van der Waals surface area contributed by atoms with Crippen LogP contribution in [0.25, 0.3) is 22.3 Å². The van der Waals surface area contributed by atoms with E-state index in [1.54, 1.807) is 44.6 Å². The van der Waals surface area contributed by atoms with E-state index in [0.29, 0.717) is 44.7 Å². The van der Waals surface area contributed by atoms with Crippen molar-refractivity contribution in [3.05, 3.63) is 69.0 Å². The van der Waals surface area contributed by atoms with Crippen molar-refractivity contribution in [2.24, 2.45) is 7.05 Å². The largest absolute Gasteiger partial charge is 0.384 e. The molecular formula is C22H23ClN6O2. The molecule has 0 bridgehead atoms. The molecule has 0 spiro atoms. The highest BCUT2D eigenvalue weighted by Crippen LogP contribution is 2.31. The Bertz CT molecular complexity index is 1330. The van der Waals surface area contributed by atoms with Gasteiger partial charge in [0.15, 0.2) is 0 Å². The van der Waals surface area contributed by atoms with Gasteiger partial charge in [-0.2, -0.15) is 0 Å². The van der Waals surface area contributed by atoms with E-state index in [1.807, 2.05) is 13.8 Å². The quantitative estimate of drug-likeness (QED) is 0.439. The van der Waals surface area contributed by atoms with E-state index in [1.165, 1.54) is 10.8 Å². The molecule has 4 aromatic heterocycles. The lowest BCUT2D eigenvalue weighted by molar-refractivity contribution is 0.220. The monoisotopic (exact) mass is 438 g/mol. The molecule has 0 aliphatic rings. The first-order valence-corrected chi connectivity index (χ1v) is 10.2. The number of pyridine rings is 2. The topological polar surface area (TPSA) is 109 Å². The number of hydrogen-bond acceptors (Lipinski definition) is 6. The van der Waals surface area contributed by atoms with Gasteiger partial charge in [0.1, 0.15) is 11.8 Å². The second-order valence-electron chi connectivity index (χ2n) is 7.73. The molecule has 0 saturated carbocycles. The summed E-state index contributed by atoms with van der Waals surface area (Å²) >= 11 is 6.07. The molecule has 31 heavy (non-hydrogen) atoms. The molecule has 9 heteroatoms. The fourth-order valence-corrected chi connectivity index (χ4v) is 3.67. The highest BCUT2D eigenvalue weighted by atomic mass is 35.5. The average Bonchev–Trinajstić information content (AvgIpc) is 3.14. The number of aromatic amines is 1. The smallest absolute Gasteiger partial charge is 0.264 e. The van der Waals surface area contributed by atoms with Gasteiger partial charge in [-0.05, 0) is 32.9 Å². The van der Waals surface area contributed by atoms with Gasteiger partial charge in [-0.3, -0.25) is 14.3 Å². The van der Waals surface area contributed by atoms with Gasteiger partial charge < -0.3 is 15.4 Å². The van der Waals surface area contributed by atoms with Gasteiger partial charge in [0.05, 0.1) is 16.3 Å². The van der Waals surface area contributed by atoms with Crippen LogP contribution in [0.5, 0.6) is 0 Å². The molecule has 0 amide bonds. The lowest BCUT2D eigenvalue weighted by Crippen LogP contribution is -2.26. The van der Waals surface area contributed by atoms with Gasteiger partial charge in [0, 0.05) is 53.9 Å². The summed E-state index contributed by atoms with van der Waals surface area (Å²) in [5.41, 5.74) is 3.24. The van der Waals surface area contributed by atoms with Crippen molar-refractivity contribution in [1.29, 1.82) is 0 Å². The first-order valence-electron chi connectivity index (χ1n) is 9.87. The molecule has 3 N–H and O–H groups in total. The van der Waals surface area contributed by atoms with E-state index in [9.17, 15) is 9.90 Å². The molecule has 8 nitrogen and oxygen atoms in total. The lowest BCUT2D eigenvalue weighted by atomic mass is 9.99. The Morgan fingerprint density at radius 1 is 1.19 bits per heavy atom. The van der Waals surface area contributed by atoms with Crippen LogP contribution in [0, 0.1) is 6.92 Å². The molecule has 4 rings (SSSR count). The minimum Gasteiger partial charge on any atom is -0.384 e. The van der Waals surface area contributed by atoms with Crippen molar-refractivity contribution in [3.63, 3.8) is 0 Å². The molecule has 1 unspecified atom stereocenters. The van der Waals surface area contributed by atoms with Crippen LogP contribution in [-0.4, -0.2) is 35.7 Å². The molecule has 0 aliphatic heterocycles. The molecule has 4 heterocycles. The number of aliphatic hydroxyl groups excluding tert-OH is 1. The van der Waals surface area contributed by atoms with Crippen molar-refractivity contribution >= 4 is 28.6 Å². The number of nitrogens with zero attached hydrogens (tertiary/aromatic N) is 4. The Kier molecular flexibility index (Phi) is 5.51. The van der Waals surface area contributed by atoms with Gasteiger partial charge in [0.25, 0.3) is 5.56 Å². The van der Waals surface area contributed by atoms with Gasteiger partial charge in [0.2, 0.25) is 5.95 Å². The number of fused-ring (bicyclic) bond motifs is 1. The van der Waals surface area contributed by atoms with Crippen LogP contribution in [0.15, 0.2) is 41.6 Å². The second kappa shape index (κ2) is 8.13. The minimum atomic E-state index is -0.922. The molecule has 0 radical (unpaired) electrons. The normalized spacial score (nSPS) is 12.5. The maximum absolute atomic E-state index is 12.8. The van der Waals surface area contributed by atoms with E-state index in [0.717, 1.165) is 5.39 Å². The Morgan fingerprint density at radius 3 is 2.68 bits per heavy atom. The Hall–Kier alpha value is -3.23. The number of anilines is 1. The number of aromatic nitrogens is 5. The summed E-state index contributed by atoms with van der Waals surface area (Å²) < 4.78 is 1.47. The third-order valence-corrected chi connectivity index (χ3v) is 5.31. The SMILES string of the molecule is Cc1nc(-c2cnc(NC(C)C)n(C)c2=O)ccc1C(O)c1c[nH]c2ncc(Cl)cc12. The van der Waals surface area contributed by atoms with Crippen LogP contribution in [0.1, 0.15) is 36.8 Å². The summed E-state index contributed by atoms with van der Waals surface area (Å²) in [5.74, 6) is 0.499. The third kappa shape index (κ3) is 3.92. The Labute approximate surface area is 184 Å². The standard InChI is InChI=1S/C22H23ClN6O2/c1-11(2)27-22-26-10-17(21(31)29(22)4)18-6-5-14(12(3)28-18)19(30)16-9-25-20-15(16)7-13(23)8-24-20/h5-11,19,30H,1-4H3,(H,24,25)(H,26,27). The van der Waals surface area contributed by atoms with Crippen molar-refractivity contribution in [2.45, 2.75) is 32.9 Å². The van der Waals surface area contributed by atoms with E-state index < -0.39 is 6.10 Å². The van der Waals surface area contributed by atoms with Crippen LogP contribution in [-0.2, 0) is 7.05 Å². The average molecular weight is 439 g/mol.